The average Bonchev–Trinajstić information content (AvgIpc) is 2.51. The van der Waals surface area contributed by atoms with E-state index in [-0.39, 0.29) is 4.90 Å². The van der Waals surface area contributed by atoms with E-state index in [1.807, 2.05) is 0 Å². The summed E-state index contributed by atoms with van der Waals surface area (Å²) in [5.41, 5.74) is 0.525. The normalized spacial score (nSPS) is 23.7. The van der Waals surface area contributed by atoms with Crippen LogP contribution in [0.5, 0.6) is 0 Å². The van der Waals surface area contributed by atoms with Gasteiger partial charge in [0.15, 0.2) is 0 Å². The summed E-state index contributed by atoms with van der Waals surface area (Å²) in [6.45, 7) is 1.48. The summed E-state index contributed by atoms with van der Waals surface area (Å²) in [4.78, 5) is 11.0. The minimum absolute atomic E-state index is 0.174. The Labute approximate surface area is 93.2 Å². The summed E-state index contributed by atoms with van der Waals surface area (Å²) < 4.78 is 25.7. The third kappa shape index (κ3) is 1.60. The van der Waals surface area contributed by atoms with Gasteiger partial charge in [0.05, 0.1) is 16.9 Å². The lowest BCUT2D eigenvalue weighted by Gasteiger charge is -2.14. The predicted octanol–water partition coefficient (Wildman–Crippen LogP) is 0.740. The molecule has 0 amide bonds. The first kappa shape index (κ1) is 11.1. The minimum atomic E-state index is -3.55. The van der Waals surface area contributed by atoms with Gasteiger partial charge in [0.25, 0.3) is 0 Å². The number of aliphatic carboxylic acids is 1. The van der Waals surface area contributed by atoms with Crippen molar-refractivity contribution in [1.29, 1.82) is 0 Å². The molecule has 86 valence electrons. The third-order valence-electron chi connectivity index (χ3n) is 2.72. The molecule has 16 heavy (non-hydrogen) atoms. The Morgan fingerprint density at radius 2 is 2.06 bits per heavy atom. The van der Waals surface area contributed by atoms with Crippen molar-refractivity contribution in [2.24, 2.45) is 5.92 Å². The van der Waals surface area contributed by atoms with Crippen molar-refractivity contribution in [3.05, 3.63) is 29.8 Å². The van der Waals surface area contributed by atoms with Gasteiger partial charge in [-0.3, -0.25) is 4.79 Å². The van der Waals surface area contributed by atoms with E-state index in [4.69, 9.17) is 5.11 Å². The summed E-state index contributed by atoms with van der Waals surface area (Å²) >= 11 is 0. The van der Waals surface area contributed by atoms with Crippen molar-refractivity contribution in [1.82, 2.24) is 4.72 Å². The van der Waals surface area contributed by atoms with Crippen molar-refractivity contribution in [2.75, 3.05) is 0 Å². The highest BCUT2D eigenvalue weighted by molar-refractivity contribution is 7.89. The second kappa shape index (κ2) is 3.57. The Bertz CT molecular complexity index is 538. The van der Waals surface area contributed by atoms with Crippen molar-refractivity contribution in [3.8, 4) is 0 Å². The number of hydrogen-bond acceptors (Lipinski definition) is 3. The summed E-state index contributed by atoms with van der Waals surface area (Å²) in [5, 5.41) is 8.90. The summed E-state index contributed by atoms with van der Waals surface area (Å²) in [7, 11) is -3.55. The van der Waals surface area contributed by atoms with Crippen LogP contribution in [0.15, 0.2) is 29.2 Å². The van der Waals surface area contributed by atoms with E-state index in [9.17, 15) is 13.2 Å². The van der Waals surface area contributed by atoms with Gasteiger partial charge in [-0.05, 0) is 11.6 Å². The smallest absolute Gasteiger partial charge is 0.308 e. The van der Waals surface area contributed by atoms with Crippen LogP contribution in [-0.4, -0.2) is 19.5 Å². The van der Waals surface area contributed by atoms with E-state index in [1.54, 1.807) is 18.2 Å². The maximum atomic E-state index is 11.7. The van der Waals surface area contributed by atoms with Gasteiger partial charge < -0.3 is 5.11 Å². The van der Waals surface area contributed by atoms with Crippen LogP contribution in [0, 0.1) is 5.92 Å². The molecule has 2 unspecified atom stereocenters. The van der Waals surface area contributed by atoms with E-state index in [0.29, 0.717) is 5.56 Å². The van der Waals surface area contributed by atoms with Gasteiger partial charge in [-0.15, -0.1) is 0 Å². The SMILES string of the molecule is CC(C(=O)O)C1NS(=O)(=O)c2ccccc21. The summed E-state index contributed by atoms with van der Waals surface area (Å²) in [6.07, 6.45) is 0. The molecule has 1 aromatic rings. The number of benzene rings is 1. The molecule has 0 bridgehead atoms. The molecule has 2 rings (SSSR count). The summed E-state index contributed by atoms with van der Waals surface area (Å²) in [5.74, 6) is -1.82. The monoisotopic (exact) mass is 241 g/mol. The van der Waals surface area contributed by atoms with Crippen molar-refractivity contribution in [3.63, 3.8) is 0 Å². The number of rotatable bonds is 2. The van der Waals surface area contributed by atoms with Crippen LogP contribution in [-0.2, 0) is 14.8 Å². The first-order valence-corrected chi connectivity index (χ1v) is 6.26. The number of nitrogens with one attached hydrogen (secondary N) is 1. The quantitative estimate of drug-likeness (QED) is 0.800. The minimum Gasteiger partial charge on any atom is -0.481 e. The van der Waals surface area contributed by atoms with E-state index < -0.39 is 28.0 Å². The fourth-order valence-electron chi connectivity index (χ4n) is 1.79. The fourth-order valence-corrected chi connectivity index (χ4v) is 3.35. The lowest BCUT2D eigenvalue weighted by molar-refractivity contribution is -0.141. The molecule has 0 saturated heterocycles. The standard InChI is InChI=1S/C10H11NO4S/c1-6(10(12)13)9-7-4-2-3-5-8(7)16(14,15)11-9/h2-6,9,11H,1H3,(H,12,13). The highest BCUT2D eigenvalue weighted by atomic mass is 32.2. The van der Waals surface area contributed by atoms with Crippen LogP contribution >= 0.6 is 0 Å². The molecule has 2 N–H and O–H groups in total. The van der Waals surface area contributed by atoms with E-state index >= 15 is 0 Å². The number of carboxylic acids is 1. The van der Waals surface area contributed by atoms with Crippen LogP contribution in [0.2, 0.25) is 0 Å². The topological polar surface area (TPSA) is 83.5 Å². The van der Waals surface area contributed by atoms with E-state index in [1.165, 1.54) is 13.0 Å². The molecular formula is C10H11NO4S. The highest BCUT2D eigenvalue weighted by Gasteiger charge is 2.38. The first-order valence-electron chi connectivity index (χ1n) is 4.77. The van der Waals surface area contributed by atoms with Gasteiger partial charge in [-0.2, -0.15) is 0 Å². The zero-order chi connectivity index (χ0) is 11.9. The molecule has 6 heteroatoms. The molecule has 0 radical (unpaired) electrons. The lowest BCUT2D eigenvalue weighted by atomic mass is 9.96. The van der Waals surface area contributed by atoms with Gasteiger partial charge >= 0.3 is 5.97 Å². The third-order valence-corrected chi connectivity index (χ3v) is 4.23. The Kier molecular flexibility index (Phi) is 2.47. The van der Waals surface area contributed by atoms with Gasteiger partial charge in [0, 0.05) is 0 Å². The molecule has 1 aliphatic rings. The molecule has 0 saturated carbocycles. The van der Waals surface area contributed by atoms with Crippen LogP contribution in [0.3, 0.4) is 0 Å². The average molecular weight is 241 g/mol. The number of carbonyl (C=O) groups is 1. The van der Waals surface area contributed by atoms with Crippen LogP contribution < -0.4 is 4.72 Å². The van der Waals surface area contributed by atoms with Crippen molar-refractivity contribution >= 4 is 16.0 Å². The van der Waals surface area contributed by atoms with E-state index in [2.05, 4.69) is 4.72 Å². The largest absolute Gasteiger partial charge is 0.481 e. The zero-order valence-corrected chi connectivity index (χ0v) is 9.36. The molecule has 2 atom stereocenters. The van der Waals surface area contributed by atoms with Gasteiger partial charge in [-0.1, -0.05) is 25.1 Å². The maximum absolute atomic E-state index is 11.7. The number of carboxylic acid groups (broad SMARTS) is 1. The molecule has 0 aliphatic carbocycles. The van der Waals surface area contributed by atoms with E-state index in [0.717, 1.165) is 0 Å². The Hall–Kier alpha value is -1.40. The number of hydrogen-bond donors (Lipinski definition) is 2. The Morgan fingerprint density at radius 3 is 2.69 bits per heavy atom. The molecule has 5 nitrogen and oxygen atoms in total. The molecular weight excluding hydrogens is 230 g/mol. The summed E-state index contributed by atoms with van der Waals surface area (Å²) in [6, 6.07) is 5.75. The van der Waals surface area contributed by atoms with Crippen molar-refractivity contribution < 1.29 is 18.3 Å². The molecule has 1 aliphatic heterocycles. The highest BCUT2D eigenvalue weighted by Crippen LogP contribution is 2.35. The van der Waals surface area contributed by atoms with Gasteiger partial charge in [-0.25, -0.2) is 13.1 Å². The molecule has 0 aromatic heterocycles. The molecule has 0 spiro atoms. The molecule has 1 heterocycles. The van der Waals surface area contributed by atoms with Gasteiger partial charge in [0.2, 0.25) is 10.0 Å². The Balaban J connectivity index is 2.53. The molecule has 1 aromatic carbocycles. The number of fused-ring (bicyclic) bond motifs is 1. The fraction of sp³-hybridized carbons (Fsp3) is 0.300. The van der Waals surface area contributed by atoms with Gasteiger partial charge in [0.1, 0.15) is 0 Å². The van der Waals surface area contributed by atoms with Crippen LogP contribution in [0.25, 0.3) is 0 Å². The predicted molar refractivity (Wildman–Crippen MR) is 56.3 cm³/mol. The lowest BCUT2D eigenvalue weighted by Crippen LogP contribution is -2.29. The maximum Gasteiger partial charge on any atom is 0.308 e. The Morgan fingerprint density at radius 1 is 1.44 bits per heavy atom. The van der Waals surface area contributed by atoms with Crippen LogP contribution in [0.4, 0.5) is 0 Å². The second-order valence-corrected chi connectivity index (χ2v) is 5.45. The number of sulfonamides is 1. The second-order valence-electron chi connectivity index (χ2n) is 3.76. The van der Waals surface area contributed by atoms with Crippen LogP contribution in [0.1, 0.15) is 18.5 Å². The molecule has 0 fully saturated rings. The van der Waals surface area contributed by atoms with Crippen molar-refractivity contribution in [2.45, 2.75) is 17.9 Å². The zero-order valence-electron chi connectivity index (χ0n) is 8.54. The first-order chi connectivity index (χ1) is 7.43.